The number of ether oxygens (including phenoxy) is 1. The summed E-state index contributed by atoms with van der Waals surface area (Å²) in [4.78, 5) is 5.17. The van der Waals surface area contributed by atoms with Crippen molar-refractivity contribution in [1.82, 2.24) is 10.3 Å². The van der Waals surface area contributed by atoms with Gasteiger partial charge in [-0.1, -0.05) is 19.1 Å². The zero-order chi connectivity index (χ0) is 12.8. The van der Waals surface area contributed by atoms with Gasteiger partial charge in [0.15, 0.2) is 0 Å². The van der Waals surface area contributed by atoms with Crippen LogP contribution in [0.15, 0.2) is 36.0 Å². The number of hydrogen-bond donors (Lipinski definition) is 1. The Balaban J connectivity index is 1.98. The van der Waals surface area contributed by atoms with Gasteiger partial charge in [-0.25, -0.2) is 0 Å². The Bertz CT molecular complexity index is 470. The van der Waals surface area contributed by atoms with Crippen molar-refractivity contribution in [3.05, 3.63) is 46.4 Å². The van der Waals surface area contributed by atoms with Gasteiger partial charge in [-0.15, -0.1) is 11.3 Å². The second-order valence-corrected chi connectivity index (χ2v) is 5.08. The molecule has 1 aromatic carbocycles. The highest BCUT2D eigenvalue weighted by Crippen LogP contribution is 2.20. The molecule has 2 aromatic rings. The zero-order valence-electron chi connectivity index (χ0n) is 10.7. The van der Waals surface area contributed by atoms with E-state index in [1.807, 2.05) is 23.8 Å². The molecule has 1 aromatic heterocycles. The van der Waals surface area contributed by atoms with Crippen LogP contribution in [-0.2, 0) is 6.61 Å². The Labute approximate surface area is 112 Å². The smallest absolute Gasteiger partial charge is 0.124 e. The Morgan fingerprint density at radius 2 is 2.33 bits per heavy atom. The molecule has 0 fully saturated rings. The highest BCUT2D eigenvalue weighted by Gasteiger charge is 2.05. The second-order valence-electron chi connectivity index (χ2n) is 4.11. The molecule has 0 aliphatic rings. The zero-order valence-corrected chi connectivity index (χ0v) is 11.5. The number of nitrogens with one attached hydrogen (secondary N) is 1. The van der Waals surface area contributed by atoms with Crippen molar-refractivity contribution >= 4 is 11.3 Å². The minimum absolute atomic E-state index is 0.349. The fraction of sp³-hybridized carbons (Fsp3) is 0.357. The van der Waals surface area contributed by atoms with Crippen molar-refractivity contribution in [3.63, 3.8) is 0 Å². The molecular formula is C14H18N2OS. The van der Waals surface area contributed by atoms with Crippen molar-refractivity contribution in [1.29, 1.82) is 0 Å². The van der Waals surface area contributed by atoms with E-state index in [0.717, 1.165) is 17.2 Å². The van der Waals surface area contributed by atoms with E-state index in [-0.39, 0.29) is 0 Å². The van der Waals surface area contributed by atoms with Gasteiger partial charge in [0.05, 0.1) is 10.4 Å². The third-order valence-electron chi connectivity index (χ3n) is 2.73. The number of rotatable bonds is 6. The molecule has 0 saturated carbocycles. The van der Waals surface area contributed by atoms with Gasteiger partial charge in [0.2, 0.25) is 0 Å². The maximum atomic E-state index is 5.76. The van der Waals surface area contributed by atoms with Crippen molar-refractivity contribution < 1.29 is 4.74 Å². The first-order chi connectivity index (χ1) is 8.79. The number of aromatic nitrogens is 1. The van der Waals surface area contributed by atoms with Crippen LogP contribution in [-0.4, -0.2) is 11.5 Å². The third kappa shape index (κ3) is 3.55. The fourth-order valence-electron chi connectivity index (χ4n) is 1.77. The maximum absolute atomic E-state index is 5.76. The molecule has 1 N–H and O–H groups in total. The van der Waals surface area contributed by atoms with Gasteiger partial charge in [0.1, 0.15) is 12.4 Å². The first kappa shape index (κ1) is 13.1. The molecule has 0 radical (unpaired) electrons. The summed E-state index contributed by atoms with van der Waals surface area (Å²) in [7, 11) is 0. The molecule has 0 aliphatic heterocycles. The summed E-state index contributed by atoms with van der Waals surface area (Å²) in [6.45, 7) is 5.82. The Morgan fingerprint density at radius 3 is 3.06 bits per heavy atom. The number of benzene rings is 1. The summed E-state index contributed by atoms with van der Waals surface area (Å²) in [5.74, 6) is 0.908. The Kier molecular flexibility index (Phi) is 4.73. The number of nitrogens with zero attached hydrogens (tertiary/aromatic N) is 1. The summed E-state index contributed by atoms with van der Waals surface area (Å²) in [6.07, 6.45) is 1.84. The molecule has 0 spiro atoms. The lowest BCUT2D eigenvalue weighted by Gasteiger charge is -2.14. The highest BCUT2D eigenvalue weighted by atomic mass is 32.1. The third-order valence-corrected chi connectivity index (χ3v) is 3.49. The lowest BCUT2D eigenvalue weighted by atomic mass is 10.1. The molecule has 1 heterocycles. The van der Waals surface area contributed by atoms with Crippen LogP contribution in [0.3, 0.4) is 0 Å². The van der Waals surface area contributed by atoms with E-state index in [1.165, 1.54) is 5.56 Å². The lowest BCUT2D eigenvalue weighted by Crippen LogP contribution is -2.17. The summed E-state index contributed by atoms with van der Waals surface area (Å²) in [6, 6.07) is 8.58. The van der Waals surface area contributed by atoms with Crippen LogP contribution >= 0.6 is 11.3 Å². The van der Waals surface area contributed by atoms with Crippen molar-refractivity contribution in [2.75, 3.05) is 6.54 Å². The van der Waals surface area contributed by atoms with Crippen LogP contribution in [0.1, 0.15) is 30.3 Å². The van der Waals surface area contributed by atoms with E-state index < -0.39 is 0 Å². The average molecular weight is 262 g/mol. The molecule has 1 unspecified atom stereocenters. The van der Waals surface area contributed by atoms with Gasteiger partial charge in [-0.3, -0.25) is 4.98 Å². The van der Waals surface area contributed by atoms with E-state index in [9.17, 15) is 0 Å². The number of hydrogen-bond acceptors (Lipinski definition) is 4. The first-order valence-corrected chi connectivity index (χ1v) is 7.01. The summed E-state index contributed by atoms with van der Waals surface area (Å²) in [5.41, 5.74) is 3.07. The predicted octanol–water partition coefficient (Wildman–Crippen LogP) is 3.39. The van der Waals surface area contributed by atoms with Gasteiger partial charge in [0, 0.05) is 12.2 Å². The summed E-state index contributed by atoms with van der Waals surface area (Å²) in [5, 5.41) is 3.40. The molecule has 18 heavy (non-hydrogen) atoms. The first-order valence-electron chi connectivity index (χ1n) is 6.13. The van der Waals surface area contributed by atoms with Crippen LogP contribution in [0.4, 0.5) is 0 Å². The molecule has 4 heteroatoms. The maximum Gasteiger partial charge on any atom is 0.124 e. The van der Waals surface area contributed by atoms with E-state index in [4.69, 9.17) is 4.74 Å². The number of thiazole rings is 1. The molecule has 2 rings (SSSR count). The molecule has 0 saturated heterocycles. The van der Waals surface area contributed by atoms with Crippen LogP contribution in [0, 0.1) is 0 Å². The van der Waals surface area contributed by atoms with Crippen molar-refractivity contribution in [3.8, 4) is 5.75 Å². The second kappa shape index (κ2) is 6.52. The predicted molar refractivity (Wildman–Crippen MR) is 75.0 cm³/mol. The molecule has 96 valence electrons. The van der Waals surface area contributed by atoms with Gasteiger partial charge < -0.3 is 10.1 Å². The molecule has 0 bridgehead atoms. The van der Waals surface area contributed by atoms with Gasteiger partial charge >= 0.3 is 0 Å². The lowest BCUT2D eigenvalue weighted by molar-refractivity contribution is 0.309. The quantitative estimate of drug-likeness (QED) is 0.866. The van der Waals surface area contributed by atoms with Crippen LogP contribution < -0.4 is 10.1 Å². The topological polar surface area (TPSA) is 34.1 Å². The van der Waals surface area contributed by atoms with Crippen LogP contribution in [0.25, 0.3) is 0 Å². The SMILES string of the molecule is CCNC(C)c1cccc(OCc2cncs2)c1. The van der Waals surface area contributed by atoms with Gasteiger partial charge in [0.25, 0.3) is 0 Å². The highest BCUT2D eigenvalue weighted by molar-refractivity contribution is 7.09. The van der Waals surface area contributed by atoms with Gasteiger partial charge in [-0.2, -0.15) is 0 Å². The van der Waals surface area contributed by atoms with Gasteiger partial charge in [-0.05, 0) is 31.2 Å². The monoisotopic (exact) mass is 262 g/mol. The molecule has 3 nitrogen and oxygen atoms in total. The molecule has 1 atom stereocenters. The van der Waals surface area contributed by atoms with Crippen LogP contribution in [0.5, 0.6) is 5.75 Å². The fourth-order valence-corrected chi connectivity index (χ4v) is 2.27. The molecule has 0 amide bonds. The van der Waals surface area contributed by atoms with E-state index in [1.54, 1.807) is 11.3 Å². The summed E-state index contributed by atoms with van der Waals surface area (Å²) >= 11 is 1.61. The minimum Gasteiger partial charge on any atom is -0.488 e. The Morgan fingerprint density at radius 1 is 1.44 bits per heavy atom. The van der Waals surface area contributed by atoms with E-state index in [0.29, 0.717) is 12.6 Å². The van der Waals surface area contributed by atoms with E-state index in [2.05, 4.69) is 36.3 Å². The van der Waals surface area contributed by atoms with Crippen LogP contribution in [0.2, 0.25) is 0 Å². The molecular weight excluding hydrogens is 244 g/mol. The van der Waals surface area contributed by atoms with E-state index >= 15 is 0 Å². The van der Waals surface area contributed by atoms with Crippen molar-refractivity contribution in [2.45, 2.75) is 26.5 Å². The molecule has 0 aliphatic carbocycles. The average Bonchev–Trinajstić information content (AvgIpc) is 2.90. The standard InChI is InChI=1S/C14H18N2OS/c1-3-16-11(2)12-5-4-6-13(7-12)17-9-14-8-15-10-18-14/h4-8,10-11,16H,3,9H2,1-2H3. The van der Waals surface area contributed by atoms with Crippen molar-refractivity contribution in [2.24, 2.45) is 0 Å². The summed E-state index contributed by atoms with van der Waals surface area (Å²) < 4.78 is 5.76. The minimum atomic E-state index is 0.349. The Hall–Kier alpha value is -1.39. The normalized spacial score (nSPS) is 12.3. The largest absolute Gasteiger partial charge is 0.488 e.